The van der Waals surface area contributed by atoms with Gasteiger partial charge in [0, 0.05) is 6.04 Å². The molecular weight excluding hydrogens is 230 g/mol. The number of amides is 1. The van der Waals surface area contributed by atoms with Crippen molar-refractivity contribution in [2.24, 2.45) is 0 Å². The van der Waals surface area contributed by atoms with Gasteiger partial charge in [-0.15, -0.1) is 0 Å². The van der Waals surface area contributed by atoms with Crippen LogP contribution >= 0.6 is 0 Å². The Bertz CT molecular complexity index is 407. The molecule has 0 aromatic carbocycles. The van der Waals surface area contributed by atoms with Crippen molar-refractivity contribution in [3.63, 3.8) is 0 Å². The molecule has 2 aliphatic rings. The molecule has 0 unspecified atom stereocenters. The number of aliphatic hydroxyl groups is 1. The first-order valence-electron chi connectivity index (χ1n) is 5.55. The zero-order chi connectivity index (χ0) is 12.1. The molecule has 16 heavy (non-hydrogen) atoms. The quantitative estimate of drug-likeness (QED) is 0.720. The smallest absolute Gasteiger partial charge is 0.259 e. The summed E-state index contributed by atoms with van der Waals surface area (Å²) in [5.74, 6) is -0.311. The van der Waals surface area contributed by atoms with Crippen LogP contribution in [0.1, 0.15) is 39.5 Å². The Hall–Kier alpha value is -0.620. The molecule has 0 aromatic heterocycles. The third-order valence-electron chi connectivity index (χ3n) is 3.62. The molecule has 0 aromatic rings. The second-order valence-corrected chi connectivity index (χ2v) is 7.44. The summed E-state index contributed by atoms with van der Waals surface area (Å²) >= 11 is 0. The van der Waals surface area contributed by atoms with Gasteiger partial charge >= 0.3 is 0 Å². The van der Waals surface area contributed by atoms with Crippen LogP contribution in [0.5, 0.6) is 0 Å². The first-order chi connectivity index (χ1) is 7.28. The maximum atomic E-state index is 11.9. The minimum Gasteiger partial charge on any atom is -0.393 e. The number of rotatable bonds is 1. The van der Waals surface area contributed by atoms with Crippen molar-refractivity contribution in [1.82, 2.24) is 4.31 Å². The van der Waals surface area contributed by atoms with E-state index in [2.05, 4.69) is 0 Å². The molecule has 0 bridgehead atoms. The first kappa shape index (κ1) is 11.9. The number of sulfonamides is 1. The van der Waals surface area contributed by atoms with Gasteiger partial charge in [-0.25, -0.2) is 12.7 Å². The van der Waals surface area contributed by atoms with Gasteiger partial charge in [0.05, 0.1) is 6.10 Å². The number of hydrogen-bond donors (Lipinski definition) is 1. The van der Waals surface area contributed by atoms with E-state index < -0.39 is 14.8 Å². The molecule has 1 aliphatic carbocycles. The summed E-state index contributed by atoms with van der Waals surface area (Å²) in [5, 5.41) is 9.35. The van der Waals surface area contributed by atoms with E-state index in [-0.39, 0.29) is 18.1 Å². The van der Waals surface area contributed by atoms with Crippen LogP contribution in [0.2, 0.25) is 0 Å². The zero-order valence-corrected chi connectivity index (χ0v) is 10.3. The Morgan fingerprint density at radius 2 is 1.75 bits per heavy atom. The minimum atomic E-state index is -3.46. The molecule has 0 atom stereocenters. The van der Waals surface area contributed by atoms with E-state index >= 15 is 0 Å². The molecule has 0 spiro atoms. The average Bonchev–Trinajstić information content (AvgIpc) is 2.20. The SMILES string of the molecule is CC1(C)C(=O)N(C2CCC(O)CC2)S1(=O)=O. The van der Waals surface area contributed by atoms with E-state index in [0.29, 0.717) is 25.7 Å². The number of aliphatic hydroxyl groups excluding tert-OH is 1. The first-order valence-corrected chi connectivity index (χ1v) is 6.99. The van der Waals surface area contributed by atoms with Crippen LogP contribution in [0.15, 0.2) is 0 Å². The number of hydrogen-bond acceptors (Lipinski definition) is 4. The van der Waals surface area contributed by atoms with Crippen LogP contribution in [0.25, 0.3) is 0 Å². The summed E-state index contributed by atoms with van der Waals surface area (Å²) in [7, 11) is -3.46. The van der Waals surface area contributed by atoms with Crippen molar-refractivity contribution in [3.05, 3.63) is 0 Å². The van der Waals surface area contributed by atoms with Gasteiger partial charge in [-0.3, -0.25) is 4.79 Å². The molecule has 6 heteroatoms. The van der Waals surface area contributed by atoms with Gasteiger partial charge in [0.15, 0.2) is 4.75 Å². The van der Waals surface area contributed by atoms with E-state index in [1.165, 1.54) is 13.8 Å². The summed E-state index contributed by atoms with van der Waals surface area (Å²) in [5.41, 5.74) is 0. The third kappa shape index (κ3) is 1.39. The maximum absolute atomic E-state index is 11.9. The lowest BCUT2D eigenvalue weighted by atomic mass is 9.92. The van der Waals surface area contributed by atoms with Gasteiger partial charge in [-0.1, -0.05) is 0 Å². The minimum absolute atomic E-state index is 0.242. The Balaban J connectivity index is 2.16. The molecule has 2 fully saturated rings. The summed E-state index contributed by atoms with van der Waals surface area (Å²) in [6.07, 6.45) is 1.95. The topological polar surface area (TPSA) is 74.7 Å². The molecule has 2 rings (SSSR count). The van der Waals surface area contributed by atoms with Crippen LogP contribution < -0.4 is 0 Å². The molecular formula is C10H17NO4S. The zero-order valence-electron chi connectivity index (χ0n) is 9.51. The van der Waals surface area contributed by atoms with Crippen molar-refractivity contribution in [2.45, 2.75) is 56.4 Å². The van der Waals surface area contributed by atoms with Crippen LogP contribution in [-0.2, 0) is 14.8 Å². The van der Waals surface area contributed by atoms with Crippen LogP contribution in [-0.4, -0.2) is 40.6 Å². The molecule has 0 radical (unpaired) electrons. The standard InChI is InChI=1S/C10H17NO4S/c1-10(2)9(13)11(16(10,14)15)7-3-5-8(12)6-4-7/h7-8,12H,3-6H2,1-2H3. The van der Waals surface area contributed by atoms with Gasteiger partial charge in [-0.2, -0.15) is 0 Å². The number of carbonyl (C=O) groups excluding carboxylic acids is 1. The summed E-state index contributed by atoms with van der Waals surface area (Å²) in [6, 6.07) is -0.242. The monoisotopic (exact) mass is 247 g/mol. The van der Waals surface area contributed by atoms with Gasteiger partial charge in [-0.05, 0) is 39.5 Å². The van der Waals surface area contributed by atoms with E-state index in [1.54, 1.807) is 0 Å². The lowest BCUT2D eigenvalue weighted by molar-refractivity contribution is -0.134. The Kier molecular flexibility index (Phi) is 2.54. The predicted molar refractivity (Wildman–Crippen MR) is 58.1 cm³/mol. The van der Waals surface area contributed by atoms with Crippen molar-refractivity contribution in [1.29, 1.82) is 0 Å². The molecule has 1 amide bonds. The van der Waals surface area contributed by atoms with Crippen molar-refractivity contribution in [2.75, 3.05) is 0 Å². The van der Waals surface area contributed by atoms with E-state index in [0.717, 1.165) is 4.31 Å². The summed E-state index contributed by atoms with van der Waals surface area (Å²) in [6.45, 7) is 2.89. The lowest BCUT2D eigenvalue weighted by Crippen LogP contribution is -2.70. The molecule has 1 saturated heterocycles. The molecule has 1 saturated carbocycles. The fraction of sp³-hybridized carbons (Fsp3) is 0.900. The predicted octanol–water partition coefficient (Wildman–Crippen LogP) is 0.241. The van der Waals surface area contributed by atoms with E-state index in [4.69, 9.17) is 0 Å². The molecule has 1 heterocycles. The average molecular weight is 247 g/mol. The Morgan fingerprint density at radius 3 is 2.19 bits per heavy atom. The highest BCUT2D eigenvalue weighted by atomic mass is 32.2. The summed E-state index contributed by atoms with van der Waals surface area (Å²) < 4.78 is 23.6. The normalized spacial score (nSPS) is 36.9. The maximum Gasteiger partial charge on any atom is 0.259 e. The number of nitrogens with zero attached hydrogens (tertiary/aromatic N) is 1. The fourth-order valence-corrected chi connectivity index (χ4v) is 4.07. The second-order valence-electron chi connectivity index (χ2n) is 5.08. The van der Waals surface area contributed by atoms with E-state index in [9.17, 15) is 18.3 Å². The van der Waals surface area contributed by atoms with Gasteiger partial charge in [0.2, 0.25) is 0 Å². The highest BCUT2D eigenvalue weighted by Gasteiger charge is 2.62. The number of carbonyl (C=O) groups is 1. The second kappa shape index (κ2) is 3.43. The molecule has 5 nitrogen and oxygen atoms in total. The van der Waals surface area contributed by atoms with Crippen molar-refractivity contribution >= 4 is 15.9 Å². The lowest BCUT2D eigenvalue weighted by Gasteiger charge is -2.48. The Morgan fingerprint density at radius 1 is 1.25 bits per heavy atom. The molecule has 92 valence electrons. The fourth-order valence-electron chi connectivity index (χ4n) is 2.35. The largest absolute Gasteiger partial charge is 0.393 e. The molecule has 1 aliphatic heterocycles. The van der Waals surface area contributed by atoms with Crippen LogP contribution in [0, 0.1) is 0 Å². The van der Waals surface area contributed by atoms with Crippen molar-refractivity contribution in [3.8, 4) is 0 Å². The highest BCUT2D eigenvalue weighted by molar-refractivity contribution is 7.94. The molecule has 1 N–H and O–H groups in total. The summed E-state index contributed by atoms with van der Waals surface area (Å²) in [4.78, 5) is 11.8. The Labute approximate surface area is 95.5 Å². The highest BCUT2D eigenvalue weighted by Crippen LogP contribution is 2.40. The van der Waals surface area contributed by atoms with Gasteiger partial charge in [0.1, 0.15) is 0 Å². The van der Waals surface area contributed by atoms with Gasteiger partial charge < -0.3 is 5.11 Å². The van der Waals surface area contributed by atoms with Gasteiger partial charge in [0.25, 0.3) is 15.9 Å². The van der Waals surface area contributed by atoms with Crippen LogP contribution in [0.3, 0.4) is 0 Å². The van der Waals surface area contributed by atoms with Crippen LogP contribution in [0.4, 0.5) is 0 Å². The van der Waals surface area contributed by atoms with Crippen molar-refractivity contribution < 1.29 is 18.3 Å². The van der Waals surface area contributed by atoms with E-state index in [1.807, 2.05) is 0 Å². The third-order valence-corrected chi connectivity index (χ3v) is 6.06.